The lowest BCUT2D eigenvalue weighted by Gasteiger charge is -2.24. The molecule has 0 fully saturated rings. The van der Waals surface area contributed by atoms with E-state index in [1.54, 1.807) is 0 Å². The Kier molecular flexibility index (Phi) is 3.43. The first-order valence-corrected chi connectivity index (χ1v) is 5.73. The first kappa shape index (κ1) is 12.7. The SMILES string of the molecule is Cl.O=C(O)C1CNc2c(ccc3ccccc23)C1. The summed E-state index contributed by atoms with van der Waals surface area (Å²) >= 11 is 0. The molecule has 0 aromatic heterocycles. The Morgan fingerprint density at radius 3 is 2.78 bits per heavy atom. The van der Waals surface area contributed by atoms with Crippen molar-refractivity contribution in [1.29, 1.82) is 0 Å². The van der Waals surface area contributed by atoms with E-state index >= 15 is 0 Å². The standard InChI is InChI=1S/C14H13NO2.ClH/c16-14(17)11-7-10-6-5-9-3-1-2-4-12(9)13(10)15-8-11;/h1-6,11,15H,7-8H2,(H,16,17);1H. The van der Waals surface area contributed by atoms with Gasteiger partial charge in [0.2, 0.25) is 0 Å². The van der Waals surface area contributed by atoms with Gasteiger partial charge >= 0.3 is 5.97 Å². The Morgan fingerprint density at radius 1 is 1.22 bits per heavy atom. The Morgan fingerprint density at radius 2 is 2.00 bits per heavy atom. The number of anilines is 1. The number of fused-ring (bicyclic) bond motifs is 3. The molecule has 1 aliphatic heterocycles. The van der Waals surface area contributed by atoms with Crippen LogP contribution in [-0.4, -0.2) is 17.6 Å². The highest BCUT2D eigenvalue weighted by molar-refractivity contribution is 5.96. The molecule has 2 aromatic rings. The van der Waals surface area contributed by atoms with Gasteiger partial charge < -0.3 is 10.4 Å². The third-order valence-electron chi connectivity index (χ3n) is 3.36. The van der Waals surface area contributed by atoms with Crippen LogP contribution in [0, 0.1) is 5.92 Å². The van der Waals surface area contributed by atoms with Gasteiger partial charge in [-0.05, 0) is 17.4 Å². The molecule has 1 atom stereocenters. The van der Waals surface area contributed by atoms with Crippen molar-refractivity contribution in [3.8, 4) is 0 Å². The summed E-state index contributed by atoms with van der Waals surface area (Å²) in [6.07, 6.45) is 0.614. The van der Waals surface area contributed by atoms with Crippen LogP contribution in [0.3, 0.4) is 0 Å². The van der Waals surface area contributed by atoms with Crippen LogP contribution < -0.4 is 5.32 Å². The number of hydrogen-bond acceptors (Lipinski definition) is 2. The number of hydrogen-bond donors (Lipinski definition) is 2. The third kappa shape index (κ3) is 2.02. The molecule has 4 heteroatoms. The highest BCUT2D eigenvalue weighted by Crippen LogP contribution is 2.32. The van der Waals surface area contributed by atoms with Crippen molar-refractivity contribution in [2.75, 3.05) is 11.9 Å². The van der Waals surface area contributed by atoms with Gasteiger partial charge in [-0.3, -0.25) is 4.79 Å². The van der Waals surface area contributed by atoms with Crippen molar-refractivity contribution in [2.45, 2.75) is 6.42 Å². The van der Waals surface area contributed by atoms with Crippen molar-refractivity contribution in [2.24, 2.45) is 5.92 Å². The zero-order valence-electron chi connectivity index (χ0n) is 9.72. The van der Waals surface area contributed by atoms with Crippen LogP contribution in [0.5, 0.6) is 0 Å². The molecular weight excluding hydrogens is 250 g/mol. The van der Waals surface area contributed by atoms with Gasteiger partial charge in [-0.2, -0.15) is 0 Å². The first-order valence-electron chi connectivity index (χ1n) is 5.73. The van der Waals surface area contributed by atoms with Crippen LogP contribution in [0.15, 0.2) is 36.4 Å². The van der Waals surface area contributed by atoms with Crippen LogP contribution in [0.25, 0.3) is 10.8 Å². The summed E-state index contributed by atoms with van der Waals surface area (Å²) in [4.78, 5) is 11.0. The van der Waals surface area contributed by atoms with Crippen molar-refractivity contribution >= 4 is 34.8 Å². The molecule has 1 aliphatic rings. The molecule has 3 nitrogen and oxygen atoms in total. The molecule has 0 bridgehead atoms. The van der Waals surface area contributed by atoms with E-state index in [4.69, 9.17) is 5.11 Å². The Hall–Kier alpha value is -1.74. The van der Waals surface area contributed by atoms with Crippen molar-refractivity contribution in [3.63, 3.8) is 0 Å². The minimum atomic E-state index is -0.726. The van der Waals surface area contributed by atoms with Gasteiger partial charge in [-0.25, -0.2) is 0 Å². The Balaban J connectivity index is 0.00000120. The fraction of sp³-hybridized carbons (Fsp3) is 0.214. The summed E-state index contributed by atoms with van der Waals surface area (Å²) in [5.74, 6) is -1.04. The highest BCUT2D eigenvalue weighted by Gasteiger charge is 2.24. The highest BCUT2D eigenvalue weighted by atomic mass is 35.5. The molecule has 0 aliphatic carbocycles. The molecule has 0 radical (unpaired) electrons. The van der Waals surface area contributed by atoms with E-state index in [0.717, 1.165) is 11.3 Å². The second-order valence-electron chi connectivity index (χ2n) is 4.44. The van der Waals surface area contributed by atoms with E-state index in [2.05, 4.69) is 23.5 Å². The van der Waals surface area contributed by atoms with Crippen molar-refractivity contribution in [1.82, 2.24) is 0 Å². The number of carboxylic acids is 1. The third-order valence-corrected chi connectivity index (χ3v) is 3.36. The average Bonchev–Trinajstić information content (AvgIpc) is 2.38. The number of nitrogens with one attached hydrogen (secondary N) is 1. The zero-order chi connectivity index (χ0) is 11.8. The quantitative estimate of drug-likeness (QED) is 0.832. The summed E-state index contributed by atoms with van der Waals surface area (Å²) in [5, 5.41) is 14.7. The van der Waals surface area contributed by atoms with Crippen molar-refractivity contribution in [3.05, 3.63) is 42.0 Å². The fourth-order valence-electron chi connectivity index (χ4n) is 2.43. The Bertz CT molecular complexity index is 597. The van der Waals surface area contributed by atoms with Crippen LogP contribution in [0.2, 0.25) is 0 Å². The number of carbonyl (C=O) groups is 1. The number of carboxylic acid groups (broad SMARTS) is 1. The molecular formula is C14H14ClNO2. The average molecular weight is 264 g/mol. The van der Waals surface area contributed by atoms with Gasteiger partial charge in [0.1, 0.15) is 0 Å². The molecule has 18 heavy (non-hydrogen) atoms. The number of aliphatic carboxylic acids is 1. The van der Waals surface area contributed by atoms with Crippen LogP contribution in [-0.2, 0) is 11.2 Å². The van der Waals surface area contributed by atoms with Gasteiger partial charge in [0, 0.05) is 17.6 Å². The molecule has 1 unspecified atom stereocenters. The zero-order valence-corrected chi connectivity index (χ0v) is 10.5. The number of rotatable bonds is 1. The maximum atomic E-state index is 11.0. The summed E-state index contributed by atoms with van der Waals surface area (Å²) < 4.78 is 0. The first-order chi connectivity index (χ1) is 8.25. The Labute approximate surface area is 111 Å². The molecule has 0 amide bonds. The summed E-state index contributed by atoms with van der Waals surface area (Å²) in [7, 11) is 0. The van der Waals surface area contributed by atoms with E-state index in [9.17, 15) is 4.79 Å². The molecule has 2 aromatic carbocycles. The second-order valence-corrected chi connectivity index (χ2v) is 4.44. The van der Waals surface area contributed by atoms with Crippen LogP contribution in [0.1, 0.15) is 5.56 Å². The minimum absolute atomic E-state index is 0. The molecule has 0 saturated heterocycles. The molecule has 2 N–H and O–H groups in total. The van der Waals surface area contributed by atoms with E-state index in [0.29, 0.717) is 13.0 Å². The molecule has 94 valence electrons. The maximum Gasteiger partial charge on any atom is 0.308 e. The van der Waals surface area contributed by atoms with E-state index in [-0.39, 0.29) is 18.3 Å². The normalized spacial score (nSPS) is 17.4. The lowest BCUT2D eigenvalue weighted by Crippen LogP contribution is -2.29. The van der Waals surface area contributed by atoms with Crippen LogP contribution >= 0.6 is 12.4 Å². The molecule has 0 spiro atoms. The molecule has 0 saturated carbocycles. The topological polar surface area (TPSA) is 49.3 Å². The second kappa shape index (κ2) is 4.86. The minimum Gasteiger partial charge on any atom is -0.481 e. The van der Waals surface area contributed by atoms with Gasteiger partial charge in [0.25, 0.3) is 0 Å². The lowest BCUT2D eigenvalue weighted by atomic mass is 9.91. The maximum absolute atomic E-state index is 11.0. The fourth-order valence-corrected chi connectivity index (χ4v) is 2.43. The van der Waals surface area contributed by atoms with Gasteiger partial charge in [-0.1, -0.05) is 36.4 Å². The molecule has 3 rings (SSSR count). The molecule has 1 heterocycles. The van der Waals surface area contributed by atoms with Crippen LogP contribution in [0.4, 0.5) is 5.69 Å². The smallest absolute Gasteiger partial charge is 0.308 e. The van der Waals surface area contributed by atoms with Gasteiger partial charge in [0.15, 0.2) is 0 Å². The van der Waals surface area contributed by atoms with Crippen molar-refractivity contribution < 1.29 is 9.90 Å². The largest absolute Gasteiger partial charge is 0.481 e. The van der Waals surface area contributed by atoms with E-state index < -0.39 is 5.97 Å². The lowest BCUT2D eigenvalue weighted by molar-refractivity contribution is -0.141. The monoisotopic (exact) mass is 263 g/mol. The predicted octanol–water partition coefficient (Wildman–Crippen LogP) is 2.93. The summed E-state index contributed by atoms with van der Waals surface area (Å²) in [6.45, 7) is 0.510. The predicted molar refractivity (Wildman–Crippen MR) is 74.5 cm³/mol. The number of halogens is 1. The summed E-state index contributed by atoms with van der Waals surface area (Å²) in [6, 6.07) is 12.2. The van der Waals surface area contributed by atoms with Gasteiger partial charge in [-0.15, -0.1) is 12.4 Å². The number of benzene rings is 2. The van der Waals surface area contributed by atoms with E-state index in [1.165, 1.54) is 10.8 Å². The van der Waals surface area contributed by atoms with E-state index in [1.807, 2.05) is 18.2 Å². The summed E-state index contributed by atoms with van der Waals surface area (Å²) in [5.41, 5.74) is 2.20. The van der Waals surface area contributed by atoms with Gasteiger partial charge in [0.05, 0.1) is 5.92 Å².